The third-order valence-electron chi connectivity index (χ3n) is 7.97. The highest BCUT2D eigenvalue weighted by atomic mass is 16.5. The van der Waals surface area contributed by atoms with Crippen LogP contribution in [0, 0.1) is 5.92 Å². The zero-order valence-electron chi connectivity index (χ0n) is 22.6. The zero-order valence-corrected chi connectivity index (χ0v) is 22.6. The molecule has 0 amide bonds. The van der Waals surface area contributed by atoms with E-state index in [0.717, 1.165) is 69.5 Å². The summed E-state index contributed by atoms with van der Waals surface area (Å²) >= 11 is 0. The second-order valence-corrected chi connectivity index (χ2v) is 10.8. The summed E-state index contributed by atoms with van der Waals surface area (Å²) in [5.41, 5.74) is 7.01. The molecule has 0 bridgehead atoms. The van der Waals surface area contributed by atoms with Gasteiger partial charge in [-0.3, -0.25) is 4.90 Å². The third kappa shape index (κ3) is 5.17. The van der Waals surface area contributed by atoms with Gasteiger partial charge in [0.05, 0.1) is 6.20 Å². The van der Waals surface area contributed by atoms with Gasteiger partial charge in [0, 0.05) is 29.3 Å². The monoisotopic (exact) mass is 522 g/mol. The molecule has 4 aromatic rings. The molecule has 1 aromatic heterocycles. The molecular weight excluding hydrogens is 488 g/mol. The highest BCUT2D eigenvalue weighted by Crippen LogP contribution is 2.47. The van der Waals surface area contributed by atoms with Gasteiger partial charge in [-0.15, -0.1) is 0 Å². The van der Waals surface area contributed by atoms with Crippen molar-refractivity contribution in [1.29, 1.82) is 0 Å². The van der Waals surface area contributed by atoms with Crippen LogP contribution in [0.3, 0.4) is 0 Å². The van der Waals surface area contributed by atoms with Gasteiger partial charge in [-0.2, -0.15) is 0 Å². The first-order chi connectivity index (χ1) is 19.0. The number of phenolic OH excluding ortho intramolecular Hbond substituents is 1. The van der Waals surface area contributed by atoms with Crippen molar-refractivity contribution in [3.8, 4) is 28.4 Å². The van der Waals surface area contributed by atoms with Gasteiger partial charge in [0.15, 0.2) is 0 Å². The Morgan fingerprint density at radius 1 is 1.05 bits per heavy atom. The minimum absolute atomic E-state index is 0.215. The van der Waals surface area contributed by atoms with Crippen LogP contribution in [0.1, 0.15) is 50.0 Å². The first-order valence-corrected chi connectivity index (χ1v) is 13.6. The van der Waals surface area contributed by atoms with Crippen molar-refractivity contribution in [3.63, 3.8) is 0 Å². The van der Waals surface area contributed by atoms with Crippen LogP contribution in [0.15, 0.2) is 83.7 Å². The number of allylic oxidation sites excluding steroid dienone is 1. The lowest BCUT2D eigenvalue weighted by molar-refractivity contribution is 0.169. The number of ether oxygens (including phenoxy) is 2. The summed E-state index contributed by atoms with van der Waals surface area (Å²) in [7, 11) is 0. The summed E-state index contributed by atoms with van der Waals surface area (Å²) in [6.07, 6.45) is 4.30. The molecular formula is C33H34N2O4. The molecule has 1 unspecified atom stereocenters. The normalized spacial score (nSPS) is 20.0. The van der Waals surface area contributed by atoms with Crippen LogP contribution in [0.25, 0.3) is 22.3 Å². The second kappa shape index (κ2) is 10.6. The predicted molar refractivity (Wildman–Crippen MR) is 153 cm³/mol. The lowest BCUT2D eigenvalue weighted by atomic mass is 9.85. The van der Waals surface area contributed by atoms with E-state index < -0.39 is 0 Å². The number of nitrogens with zero attached hydrogens (tertiary/aromatic N) is 2. The largest absolute Gasteiger partial charge is 0.508 e. The number of hydrogen-bond acceptors (Lipinski definition) is 6. The number of benzene rings is 3. The Labute approximate surface area is 229 Å². The van der Waals surface area contributed by atoms with Gasteiger partial charge in [0.1, 0.15) is 36.2 Å². The number of hydrogen-bond donors (Lipinski definition) is 1. The van der Waals surface area contributed by atoms with Crippen LogP contribution < -0.4 is 9.47 Å². The molecule has 2 aliphatic rings. The van der Waals surface area contributed by atoms with E-state index in [4.69, 9.17) is 14.0 Å². The van der Waals surface area contributed by atoms with Crippen molar-refractivity contribution in [2.24, 2.45) is 5.92 Å². The van der Waals surface area contributed by atoms with E-state index in [1.54, 1.807) is 24.6 Å². The zero-order chi connectivity index (χ0) is 26.9. The maximum absolute atomic E-state index is 10.2. The maximum Gasteiger partial charge on any atom is 0.150 e. The fourth-order valence-corrected chi connectivity index (χ4v) is 5.69. The highest BCUT2D eigenvalue weighted by Gasteiger charge is 2.30. The number of fused-ring (bicyclic) bond motifs is 1. The number of aromatic nitrogens is 1. The molecule has 3 heterocycles. The molecule has 2 aliphatic heterocycles. The van der Waals surface area contributed by atoms with Crippen LogP contribution in [-0.4, -0.2) is 40.9 Å². The summed E-state index contributed by atoms with van der Waals surface area (Å²) in [5.74, 6) is 2.59. The number of aromatic hydroxyl groups is 1. The maximum atomic E-state index is 10.2. The van der Waals surface area contributed by atoms with E-state index >= 15 is 0 Å². The average Bonchev–Trinajstić information content (AvgIpc) is 3.65. The highest BCUT2D eigenvalue weighted by molar-refractivity contribution is 5.96. The molecule has 3 atom stereocenters. The standard InChI is InChI=1S/C33H34N2O4/c1-21-13-14-35(18-21)22(2)19-37-29-10-7-24(8-11-29)33-32(23(3)30-16-28(36)9-12-31(30)39-33)26-6-4-5-25(15-26)27-17-34-38-20-27/h4-12,15-17,20-22,33,36H,13-14,18-19H2,1-3H3/t21-,22+,33?/m1/s1. The Morgan fingerprint density at radius 3 is 2.62 bits per heavy atom. The molecule has 1 N–H and O–H groups in total. The average molecular weight is 523 g/mol. The summed E-state index contributed by atoms with van der Waals surface area (Å²) < 4.78 is 17.9. The molecule has 0 saturated carbocycles. The summed E-state index contributed by atoms with van der Waals surface area (Å²) in [5, 5.41) is 14.1. The molecule has 6 rings (SSSR count). The molecule has 6 nitrogen and oxygen atoms in total. The molecule has 0 aliphatic carbocycles. The van der Waals surface area contributed by atoms with Crippen LogP contribution in [0.5, 0.6) is 17.2 Å². The van der Waals surface area contributed by atoms with Crippen LogP contribution >= 0.6 is 0 Å². The van der Waals surface area contributed by atoms with Gasteiger partial charge >= 0.3 is 0 Å². The van der Waals surface area contributed by atoms with E-state index in [-0.39, 0.29) is 11.9 Å². The SMILES string of the molecule is CC1=C(c2cccc(-c3cnoc3)c2)C(c2ccc(OC[C@H](C)N3CC[C@@H](C)C3)cc2)Oc2ccc(O)cc21. The number of rotatable bonds is 7. The van der Waals surface area contributed by atoms with Gasteiger partial charge < -0.3 is 19.1 Å². The fourth-order valence-electron chi connectivity index (χ4n) is 5.69. The third-order valence-corrected chi connectivity index (χ3v) is 7.97. The Kier molecular flexibility index (Phi) is 6.88. The van der Waals surface area contributed by atoms with Crippen molar-refractivity contribution >= 4 is 11.1 Å². The topological polar surface area (TPSA) is 68.0 Å². The Bertz CT molecular complexity index is 1480. The summed E-state index contributed by atoms with van der Waals surface area (Å²) in [6.45, 7) is 9.61. The smallest absolute Gasteiger partial charge is 0.150 e. The van der Waals surface area contributed by atoms with Crippen molar-refractivity contribution in [1.82, 2.24) is 10.1 Å². The van der Waals surface area contributed by atoms with Crippen LogP contribution in [-0.2, 0) is 0 Å². The van der Waals surface area contributed by atoms with Gasteiger partial charge in [0.25, 0.3) is 0 Å². The number of likely N-dealkylation sites (tertiary alicyclic amines) is 1. The van der Waals surface area contributed by atoms with E-state index in [1.165, 1.54) is 6.42 Å². The first-order valence-electron chi connectivity index (χ1n) is 13.6. The predicted octanol–water partition coefficient (Wildman–Crippen LogP) is 7.22. The van der Waals surface area contributed by atoms with Crippen molar-refractivity contribution in [2.45, 2.75) is 39.3 Å². The lowest BCUT2D eigenvalue weighted by Crippen LogP contribution is -2.35. The van der Waals surface area contributed by atoms with Crippen molar-refractivity contribution in [3.05, 3.63) is 95.9 Å². The lowest BCUT2D eigenvalue weighted by Gasteiger charge is -2.31. The molecule has 0 spiro atoms. The molecule has 3 aromatic carbocycles. The van der Waals surface area contributed by atoms with E-state index in [1.807, 2.05) is 30.3 Å². The molecule has 0 radical (unpaired) electrons. The fraction of sp³-hybridized carbons (Fsp3) is 0.303. The van der Waals surface area contributed by atoms with Crippen LogP contribution in [0.4, 0.5) is 0 Å². The molecule has 200 valence electrons. The van der Waals surface area contributed by atoms with Crippen molar-refractivity contribution < 1.29 is 19.1 Å². The van der Waals surface area contributed by atoms with E-state index in [9.17, 15) is 5.11 Å². The van der Waals surface area contributed by atoms with Gasteiger partial charge in [-0.1, -0.05) is 42.4 Å². The van der Waals surface area contributed by atoms with Gasteiger partial charge in [0.2, 0.25) is 0 Å². The molecule has 6 heteroatoms. The first kappa shape index (κ1) is 25.3. The van der Waals surface area contributed by atoms with Gasteiger partial charge in [-0.25, -0.2) is 0 Å². The van der Waals surface area contributed by atoms with Gasteiger partial charge in [-0.05, 0) is 91.4 Å². The minimum atomic E-state index is -0.321. The van der Waals surface area contributed by atoms with E-state index in [0.29, 0.717) is 12.6 Å². The second-order valence-electron chi connectivity index (χ2n) is 10.8. The Hall–Kier alpha value is -4.03. The quantitative estimate of drug-likeness (QED) is 0.276. The molecule has 1 saturated heterocycles. The Morgan fingerprint density at radius 2 is 1.87 bits per heavy atom. The van der Waals surface area contributed by atoms with E-state index in [2.05, 4.69) is 55.1 Å². The Balaban J connectivity index is 1.30. The minimum Gasteiger partial charge on any atom is -0.508 e. The summed E-state index contributed by atoms with van der Waals surface area (Å²) in [4.78, 5) is 2.51. The number of phenols is 1. The summed E-state index contributed by atoms with van der Waals surface area (Å²) in [6, 6.07) is 22.2. The van der Waals surface area contributed by atoms with Crippen LogP contribution in [0.2, 0.25) is 0 Å². The van der Waals surface area contributed by atoms with Crippen molar-refractivity contribution in [2.75, 3.05) is 19.7 Å². The molecule has 39 heavy (non-hydrogen) atoms. The molecule has 1 fully saturated rings.